The fourth-order valence-corrected chi connectivity index (χ4v) is 2.25. The van der Waals surface area contributed by atoms with Crippen LogP contribution in [0.15, 0.2) is 53.8 Å². The second kappa shape index (κ2) is 6.27. The van der Waals surface area contributed by atoms with Crippen molar-refractivity contribution in [3.63, 3.8) is 0 Å². The van der Waals surface area contributed by atoms with Gasteiger partial charge in [-0.1, -0.05) is 35.5 Å². The minimum atomic E-state index is -0.715. The maximum atomic E-state index is 12.3. The Kier molecular flexibility index (Phi) is 4.01. The van der Waals surface area contributed by atoms with Crippen molar-refractivity contribution in [2.45, 2.75) is 12.5 Å². The summed E-state index contributed by atoms with van der Waals surface area (Å²) in [6.45, 7) is 0. The van der Waals surface area contributed by atoms with Crippen molar-refractivity contribution < 1.29 is 14.4 Å². The van der Waals surface area contributed by atoms with Gasteiger partial charge in [0.2, 0.25) is 0 Å². The number of oxime groups is 1. The number of primary amides is 1. The summed E-state index contributed by atoms with van der Waals surface area (Å²) < 4.78 is 0. The molecule has 1 aromatic heterocycles. The van der Waals surface area contributed by atoms with E-state index in [1.54, 1.807) is 12.1 Å². The first-order valence-electron chi connectivity index (χ1n) is 6.99. The van der Waals surface area contributed by atoms with E-state index in [4.69, 9.17) is 10.6 Å². The van der Waals surface area contributed by atoms with Crippen LogP contribution in [0.4, 0.5) is 5.69 Å². The van der Waals surface area contributed by atoms with Gasteiger partial charge >= 0.3 is 0 Å². The quantitative estimate of drug-likeness (QED) is 0.895. The Morgan fingerprint density at radius 3 is 2.70 bits per heavy atom. The topological polar surface area (TPSA) is 107 Å². The van der Waals surface area contributed by atoms with Gasteiger partial charge in [-0.15, -0.1) is 0 Å². The first kappa shape index (κ1) is 14.7. The Morgan fingerprint density at radius 2 is 1.96 bits per heavy atom. The van der Waals surface area contributed by atoms with E-state index in [1.165, 1.54) is 6.20 Å². The fraction of sp³-hybridized carbons (Fsp3) is 0.125. The molecule has 0 radical (unpaired) electrons. The van der Waals surface area contributed by atoms with Gasteiger partial charge in [0.1, 0.15) is 5.71 Å². The first-order valence-corrected chi connectivity index (χ1v) is 6.99. The number of carbonyl (C=O) groups is 2. The third-order valence-corrected chi connectivity index (χ3v) is 3.39. The number of pyridine rings is 1. The zero-order valence-electron chi connectivity index (χ0n) is 12.1. The second-order valence-electron chi connectivity index (χ2n) is 4.96. The number of anilines is 1. The molecule has 7 nitrogen and oxygen atoms in total. The molecule has 23 heavy (non-hydrogen) atoms. The first-order chi connectivity index (χ1) is 11.1. The van der Waals surface area contributed by atoms with E-state index in [-0.39, 0.29) is 23.2 Å². The maximum absolute atomic E-state index is 12.3. The molecule has 1 unspecified atom stereocenters. The number of carbonyl (C=O) groups excluding carboxylic acids is 2. The molecule has 7 heteroatoms. The molecule has 1 aliphatic rings. The van der Waals surface area contributed by atoms with Gasteiger partial charge < -0.3 is 15.9 Å². The summed E-state index contributed by atoms with van der Waals surface area (Å²) in [6.07, 6.45) is 1.49. The van der Waals surface area contributed by atoms with Crippen molar-refractivity contribution in [3.8, 4) is 0 Å². The highest BCUT2D eigenvalue weighted by Crippen LogP contribution is 2.27. The van der Waals surface area contributed by atoms with Crippen molar-refractivity contribution in [2.24, 2.45) is 10.9 Å². The van der Waals surface area contributed by atoms with Crippen LogP contribution in [0.5, 0.6) is 0 Å². The molecule has 3 rings (SSSR count). The van der Waals surface area contributed by atoms with Crippen LogP contribution in [0.2, 0.25) is 0 Å². The number of aromatic nitrogens is 1. The summed E-state index contributed by atoms with van der Waals surface area (Å²) in [4.78, 5) is 32.7. The smallest absolute Gasteiger partial charge is 0.273 e. The molecule has 3 N–H and O–H groups in total. The minimum absolute atomic E-state index is 0.0000234. The lowest BCUT2D eigenvalue weighted by atomic mass is 10.0. The molecule has 0 aliphatic carbocycles. The average molecular weight is 310 g/mol. The standard InChI is InChI=1S/C16H14N4O3/c17-15(21)14-11(7-4-8-18-14)19-16(22)12-9-13(23-20-12)10-5-2-1-3-6-10/h1-8,13H,9H2,(H2,17,21)(H,19,22). The fourth-order valence-electron chi connectivity index (χ4n) is 2.25. The van der Waals surface area contributed by atoms with E-state index >= 15 is 0 Å². The molecule has 0 spiro atoms. The summed E-state index contributed by atoms with van der Waals surface area (Å²) in [5.41, 5.74) is 6.67. The van der Waals surface area contributed by atoms with Gasteiger partial charge in [-0.25, -0.2) is 4.98 Å². The van der Waals surface area contributed by atoms with Gasteiger partial charge in [-0.05, 0) is 17.7 Å². The summed E-state index contributed by atoms with van der Waals surface area (Å²) in [6, 6.07) is 12.7. The predicted octanol–water partition coefficient (Wildman–Crippen LogP) is 1.64. The molecule has 1 aliphatic heterocycles. The molecule has 0 saturated carbocycles. The lowest BCUT2D eigenvalue weighted by molar-refractivity contribution is -0.110. The largest absolute Gasteiger partial charge is 0.387 e. The van der Waals surface area contributed by atoms with Crippen LogP contribution in [0.3, 0.4) is 0 Å². The lowest BCUT2D eigenvalue weighted by Gasteiger charge is -2.08. The third-order valence-electron chi connectivity index (χ3n) is 3.39. The van der Waals surface area contributed by atoms with Crippen molar-refractivity contribution >= 4 is 23.2 Å². The Hall–Kier alpha value is -3.22. The minimum Gasteiger partial charge on any atom is -0.387 e. The number of hydrogen-bond donors (Lipinski definition) is 2. The van der Waals surface area contributed by atoms with Crippen molar-refractivity contribution in [1.29, 1.82) is 0 Å². The Balaban J connectivity index is 1.70. The third kappa shape index (κ3) is 3.18. The summed E-state index contributed by atoms with van der Waals surface area (Å²) >= 11 is 0. The number of benzene rings is 1. The van der Waals surface area contributed by atoms with E-state index < -0.39 is 11.8 Å². The molecule has 1 atom stereocenters. The number of nitrogens with one attached hydrogen (secondary N) is 1. The van der Waals surface area contributed by atoms with Crippen LogP contribution in [0.25, 0.3) is 0 Å². The van der Waals surface area contributed by atoms with E-state index in [0.29, 0.717) is 6.42 Å². The Labute approximate surface area is 132 Å². The molecule has 0 bridgehead atoms. The van der Waals surface area contributed by atoms with E-state index in [9.17, 15) is 9.59 Å². The summed E-state index contributed by atoms with van der Waals surface area (Å²) in [5, 5.41) is 6.42. The van der Waals surface area contributed by atoms with Gasteiger partial charge in [0.05, 0.1) is 5.69 Å². The second-order valence-corrected chi connectivity index (χ2v) is 4.96. The predicted molar refractivity (Wildman–Crippen MR) is 83.7 cm³/mol. The van der Waals surface area contributed by atoms with Crippen LogP contribution in [0.1, 0.15) is 28.6 Å². The van der Waals surface area contributed by atoms with E-state index in [2.05, 4.69) is 15.5 Å². The Morgan fingerprint density at radius 1 is 1.17 bits per heavy atom. The number of amides is 2. The van der Waals surface area contributed by atoms with Crippen molar-refractivity contribution in [2.75, 3.05) is 5.32 Å². The molecule has 2 amide bonds. The van der Waals surface area contributed by atoms with E-state index in [1.807, 2.05) is 30.3 Å². The number of rotatable bonds is 4. The number of nitrogens with zero attached hydrogens (tertiary/aromatic N) is 2. The van der Waals surface area contributed by atoms with Crippen molar-refractivity contribution in [1.82, 2.24) is 4.98 Å². The van der Waals surface area contributed by atoms with Crippen LogP contribution >= 0.6 is 0 Å². The molecule has 2 aromatic rings. The van der Waals surface area contributed by atoms with Crippen LogP contribution in [-0.4, -0.2) is 22.5 Å². The summed E-state index contributed by atoms with van der Waals surface area (Å²) in [5.74, 6) is -1.16. The summed E-state index contributed by atoms with van der Waals surface area (Å²) in [7, 11) is 0. The number of nitrogens with two attached hydrogens (primary N) is 1. The highest BCUT2D eigenvalue weighted by Gasteiger charge is 2.27. The number of hydrogen-bond acceptors (Lipinski definition) is 5. The molecule has 0 fully saturated rings. The van der Waals surface area contributed by atoms with Gasteiger partial charge in [0.25, 0.3) is 11.8 Å². The van der Waals surface area contributed by atoms with Gasteiger partial charge in [0.15, 0.2) is 11.8 Å². The van der Waals surface area contributed by atoms with Crippen LogP contribution < -0.4 is 11.1 Å². The lowest BCUT2D eigenvalue weighted by Crippen LogP contribution is -2.24. The molecular formula is C16H14N4O3. The zero-order chi connectivity index (χ0) is 16.2. The van der Waals surface area contributed by atoms with Gasteiger partial charge in [-0.2, -0.15) is 0 Å². The molecule has 116 valence electrons. The van der Waals surface area contributed by atoms with Crippen molar-refractivity contribution in [3.05, 3.63) is 59.9 Å². The average Bonchev–Trinajstić information content (AvgIpc) is 3.06. The highest BCUT2D eigenvalue weighted by molar-refractivity contribution is 6.43. The maximum Gasteiger partial charge on any atom is 0.273 e. The van der Waals surface area contributed by atoms with E-state index in [0.717, 1.165) is 5.56 Å². The van der Waals surface area contributed by atoms with Gasteiger partial charge in [0, 0.05) is 12.6 Å². The van der Waals surface area contributed by atoms with Crippen LogP contribution in [-0.2, 0) is 9.63 Å². The highest BCUT2D eigenvalue weighted by atomic mass is 16.6. The monoisotopic (exact) mass is 310 g/mol. The normalized spacial score (nSPS) is 16.3. The molecule has 2 heterocycles. The SMILES string of the molecule is NC(=O)c1ncccc1NC(=O)C1=NOC(c2ccccc2)C1. The van der Waals surface area contributed by atoms with Crippen LogP contribution in [0, 0.1) is 0 Å². The molecule has 0 saturated heterocycles. The van der Waals surface area contributed by atoms with Gasteiger partial charge in [-0.3, -0.25) is 9.59 Å². The Bertz CT molecular complexity index is 774. The molecule has 1 aromatic carbocycles. The zero-order valence-corrected chi connectivity index (χ0v) is 12.1. The molecular weight excluding hydrogens is 296 g/mol.